The maximum atomic E-state index is 14.1. The minimum absolute atomic E-state index is 0.00420. The Balaban J connectivity index is 1.30. The number of nitrogens with zero attached hydrogens (tertiary/aromatic N) is 4. The van der Waals surface area contributed by atoms with Crippen molar-refractivity contribution in [2.75, 3.05) is 32.6 Å². The van der Waals surface area contributed by atoms with E-state index in [2.05, 4.69) is 38.8 Å². The first kappa shape index (κ1) is 44.0. The lowest BCUT2D eigenvalue weighted by Crippen LogP contribution is -2.63. The predicted molar refractivity (Wildman–Crippen MR) is 227 cm³/mol. The maximum absolute atomic E-state index is 14.1. The van der Waals surface area contributed by atoms with Gasteiger partial charge in [-0.2, -0.15) is 8.75 Å². The molecule has 0 bridgehead atoms. The fourth-order valence-corrected chi connectivity index (χ4v) is 9.88. The molecule has 0 spiro atoms. The van der Waals surface area contributed by atoms with Crippen LogP contribution in [0.5, 0.6) is 11.5 Å². The molecule has 0 fully saturated rings. The normalized spacial score (nSPS) is 13.5. The third-order valence-electron chi connectivity index (χ3n) is 9.29. The molecule has 2 unspecified atom stereocenters. The second-order valence-electron chi connectivity index (χ2n) is 13.7. The molecular weight excluding hydrogens is 859 g/mol. The molecule has 4 aromatic carbocycles. The zero-order valence-electron chi connectivity index (χ0n) is 32.4. The molecule has 2 atom stereocenters. The summed E-state index contributed by atoms with van der Waals surface area (Å²) in [7, 11) is -5.39. The molecule has 312 valence electrons. The number of aromatic nitrogens is 4. The van der Waals surface area contributed by atoms with Crippen molar-refractivity contribution in [3.05, 3.63) is 135 Å². The molecule has 59 heavy (non-hydrogen) atoms. The van der Waals surface area contributed by atoms with Gasteiger partial charge in [-0.05, 0) is 109 Å². The van der Waals surface area contributed by atoms with E-state index in [4.69, 9.17) is 21.1 Å². The van der Waals surface area contributed by atoms with Crippen molar-refractivity contribution in [3.63, 3.8) is 0 Å². The highest BCUT2D eigenvalue weighted by atomic mass is 35.5. The van der Waals surface area contributed by atoms with Gasteiger partial charge >= 0.3 is 0 Å². The Kier molecular flexibility index (Phi) is 14.3. The molecule has 2 heterocycles. The number of aryl methyl sites for hydroxylation is 1. The number of hydrogen-bond donors (Lipinski definition) is 4. The molecule has 4 N–H and O–H groups in total. The van der Waals surface area contributed by atoms with Crippen LogP contribution in [0.4, 0.5) is 9.52 Å². The van der Waals surface area contributed by atoms with Crippen LogP contribution in [0.2, 0.25) is 5.02 Å². The quantitative estimate of drug-likeness (QED) is 0.0704. The smallest absolute Gasteiger partial charge is 0.240 e. The summed E-state index contributed by atoms with van der Waals surface area (Å²) in [5.74, 6) is 1.68. The number of sulfonamides is 2. The molecular formula is C39H42ClFN8O6S4. The predicted octanol–water partition coefficient (Wildman–Crippen LogP) is 5.98. The minimum atomic E-state index is -4.22. The van der Waals surface area contributed by atoms with Crippen molar-refractivity contribution in [1.29, 1.82) is 0 Å². The van der Waals surface area contributed by atoms with Crippen molar-refractivity contribution < 1.29 is 30.7 Å². The van der Waals surface area contributed by atoms with Crippen LogP contribution < -0.4 is 29.6 Å². The summed E-state index contributed by atoms with van der Waals surface area (Å²) in [6.07, 6.45) is 0.802. The van der Waals surface area contributed by atoms with Gasteiger partial charge in [0, 0.05) is 49.0 Å². The van der Waals surface area contributed by atoms with E-state index in [1.807, 2.05) is 12.1 Å². The Morgan fingerprint density at radius 2 is 1.36 bits per heavy atom. The van der Waals surface area contributed by atoms with E-state index < -0.39 is 31.6 Å². The summed E-state index contributed by atoms with van der Waals surface area (Å²) in [6, 6.07) is 22.9. The average Bonchev–Trinajstić information content (AvgIpc) is 3.87. The van der Waals surface area contributed by atoms with Crippen molar-refractivity contribution in [3.8, 4) is 11.5 Å². The highest BCUT2D eigenvalue weighted by molar-refractivity contribution is 7.89. The molecule has 20 heteroatoms. The standard InChI is InChI=1S/C39H42ClFN8O6S4/c1-25-19-27(7-18-33(25)41)21-36-45-38(57-48-36)46-39(2,24-43-58(50,51)31-14-10-29(54-3)11-15-31)34(49-59(52,53)32-16-12-30(55-4)13-17-32)22-42-23-37-44-35(47-56-37)20-26-5-8-28(40)9-6-26/h5-19,34,42-43,49H,20-24H2,1-4H3,(H,45,46,48). The number of methoxy groups -OCH3 is 2. The monoisotopic (exact) mass is 900 g/mol. The molecule has 0 amide bonds. The first-order valence-electron chi connectivity index (χ1n) is 18.1. The van der Waals surface area contributed by atoms with Crippen LogP contribution in [0.25, 0.3) is 0 Å². The van der Waals surface area contributed by atoms with Crippen LogP contribution >= 0.6 is 34.7 Å². The number of halogens is 2. The van der Waals surface area contributed by atoms with E-state index in [1.165, 1.54) is 80.3 Å². The van der Waals surface area contributed by atoms with E-state index in [0.717, 1.165) is 22.7 Å². The molecule has 2 aromatic heterocycles. The van der Waals surface area contributed by atoms with Gasteiger partial charge in [-0.25, -0.2) is 40.6 Å². The average molecular weight is 902 g/mol. The number of nitrogens with one attached hydrogen (secondary N) is 4. The van der Waals surface area contributed by atoms with Gasteiger partial charge in [0.2, 0.25) is 25.2 Å². The van der Waals surface area contributed by atoms with Crippen LogP contribution in [0, 0.1) is 12.7 Å². The lowest BCUT2D eigenvalue weighted by molar-refractivity contribution is 0.361. The van der Waals surface area contributed by atoms with Gasteiger partial charge in [-0.1, -0.05) is 35.9 Å². The SMILES string of the molecule is COc1ccc(S(=O)(=O)NCC(C)(Nc2nc(Cc3ccc(F)c(C)c3)ns2)C(CNCc2nc(Cc3ccc(Cl)cc3)ns2)NS(=O)(=O)c2ccc(OC)cc2)cc1. The molecule has 0 aliphatic rings. The summed E-state index contributed by atoms with van der Waals surface area (Å²) in [4.78, 5) is 9.27. The molecule has 0 saturated heterocycles. The van der Waals surface area contributed by atoms with Crippen LogP contribution in [0.15, 0.2) is 101 Å². The third kappa shape index (κ3) is 11.8. The topological polar surface area (TPSA) is 186 Å². The van der Waals surface area contributed by atoms with Gasteiger partial charge in [0.15, 0.2) is 0 Å². The van der Waals surface area contributed by atoms with Gasteiger partial charge in [0.1, 0.15) is 34.0 Å². The fourth-order valence-electron chi connectivity index (χ4n) is 5.91. The van der Waals surface area contributed by atoms with Crippen molar-refractivity contribution in [2.24, 2.45) is 0 Å². The van der Waals surface area contributed by atoms with Gasteiger partial charge in [-0.15, -0.1) is 0 Å². The van der Waals surface area contributed by atoms with Gasteiger partial charge in [0.05, 0.1) is 35.6 Å². The Bertz CT molecular complexity index is 2560. The molecule has 6 rings (SSSR count). The lowest BCUT2D eigenvalue weighted by atomic mass is 9.93. The van der Waals surface area contributed by atoms with E-state index in [0.29, 0.717) is 56.7 Å². The molecule has 0 radical (unpaired) electrons. The maximum Gasteiger partial charge on any atom is 0.240 e. The zero-order chi connectivity index (χ0) is 42.2. The number of hydrogen-bond acceptors (Lipinski definition) is 14. The van der Waals surface area contributed by atoms with Crippen LogP contribution in [-0.2, 0) is 39.4 Å². The molecule has 14 nitrogen and oxygen atoms in total. The van der Waals surface area contributed by atoms with Crippen molar-refractivity contribution in [2.45, 2.75) is 54.6 Å². The van der Waals surface area contributed by atoms with Gasteiger partial charge < -0.3 is 20.1 Å². The number of ether oxygens (including phenoxy) is 2. The highest BCUT2D eigenvalue weighted by Gasteiger charge is 2.39. The molecule has 0 saturated carbocycles. The van der Waals surface area contributed by atoms with E-state index >= 15 is 0 Å². The lowest BCUT2D eigenvalue weighted by Gasteiger charge is -2.39. The second kappa shape index (κ2) is 19.2. The minimum Gasteiger partial charge on any atom is -0.497 e. The summed E-state index contributed by atoms with van der Waals surface area (Å²) >= 11 is 8.28. The number of anilines is 1. The van der Waals surface area contributed by atoms with E-state index in [-0.39, 0.29) is 35.2 Å². The van der Waals surface area contributed by atoms with Gasteiger partial charge in [0.25, 0.3) is 0 Å². The number of benzene rings is 4. The van der Waals surface area contributed by atoms with Crippen molar-refractivity contribution >= 4 is 59.8 Å². The van der Waals surface area contributed by atoms with Crippen LogP contribution in [-0.4, -0.2) is 74.4 Å². The van der Waals surface area contributed by atoms with E-state index in [9.17, 15) is 21.2 Å². The highest BCUT2D eigenvalue weighted by Crippen LogP contribution is 2.26. The van der Waals surface area contributed by atoms with Crippen LogP contribution in [0.1, 0.15) is 40.3 Å². The third-order valence-corrected chi connectivity index (χ3v) is 13.9. The Morgan fingerprint density at radius 1 is 0.780 bits per heavy atom. The van der Waals surface area contributed by atoms with E-state index in [1.54, 1.807) is 38.1 Å². The Labute approximate surface area is 356 Å². The Morgan fingerprint density at radius 3 is 1.98 bits per heavy atom. The molecule has 0 aliphatic heterocycles. The first-order chi connectivity index (χ1) is 28.1. The zero-order valence-corrected chi connectivity index (χ0v) is 36.4. The summed E-state index contributed by atoms with van der Waals surface area (Å²) in [5, 5.41) is 8.21. The first-order valence-corrected chi connectivity index (χ1v) is 23.0. The summed E-state index contributed by atoms with van der Waals surface area (Å²) in [6.45, 7) is 3.27. The van der Waals surface area contributed by atoms with Crippen LogP contribution in [0.3, 0.4) is 0 Å². The number of rotatable bonds is 20. The molecule has 6 aromatic rings. The second-order valence-corrected chi connectivity index (χ2v) is 19.2. The van der Waals surface area contributed by atoms with Gasteiger partial charge in [-0.3, -0.25) is 0 Å². The Hall–Kier alpha value is -4.60. The summed E-state index contributed by atoms with van der Waals surface area (Å²) < 4.78 is 94.5. The molecule has 0 aliphatic carbocycles. The van der Waals surface area contributed by atoms with Crippen molar-refractivity contribution in [1.82, 2.24) is 33.5 Å². The summed E-state index contributed by atoms with van der Waals surface area (Å²) in [5.41, 5.74) is 0.867. The largest absolute Gasteiger partial charge is 0.497 e. The fraction of sp³-hybridized carbons (Fsp3) is 0.282.